The molecule has 1 heterocycles. The molecule has 1 fully saturated rings. The molecular formula is C12H25ClN2O. The lowest BCUT2D eigenvalue weighted by atomic mass is 9.93. The van der Waals surface area contributed by atoms with Crippen LogP contribution in [0.15, 0.2) is 0 Å². The predicted molar refractivity (Wildman–Crippen MR) is 69.7 cm³/mol. The van der Waals surface area contributed by atoms with Crippen molar-refractivity contribution in [1.82, 2.24) is 4.90 Å². The van der Waals surface area contributed by atoms with E-state index in [1.54, 1.807) is 0 Å². The largest absolute Gasteiger partial charge is 0.341 e. The Labute approximate surface area is 105 Å². The van der Waals surface area contributed by atoms with E-state index in [1.165, 1.54) is 19.3 Å². The van der Waals surface area contributed by atoms with Crippen LogP contribution in [0.1, 0.15) is 46.0 Å². The van der Waals surface area contributed by atoms with Gasteiger partial charge in [-0.3, -0.25) is 4.79 Å². The summed E-state index contributed by atoms with van der Waals surface area (Å²) in [7, 11) is 0. The summed E-state index contributed by atoms with van der Waals surface area (Å²) in [6.07, 6.45) is 5.62. The van der Waals surface area contributed by atoms with Crippen LogP contribution in [0.5, 0.6) is 0 Å². The van der Waals surface area contributed by atoms with E-state index < -0.39 is 0 Å². The topological polar surface area (TPSA) is 46.3 Å². The summed E-state index contributed by atoms with van der Waals surface area (Å²) in [5.74, 6) is 0.857. The Hall–Kier alpha value is -0.280. The molecule has 0 spiro atoms. The van der Waals surface area contributed by atoms with Crippen LogP contribution in [0.4, 0.5) is 0 Å². The molecule has 1 aliphatic heterocycles. The highest BCUT2D eigenvalue weighted by Gasteiger charge is 2.25. The van der Waals surface area contributed by atoms with Crippen LogP contribution in [-0.4, -0.2) is 29.9 Å². The van der Waals surface area contributed by atoms with Crippen molar-refractivity contribution in [1.29, 1.82) is 0 Å². The zero-order chi connectivity index (χ0) is 11.3. The Balaban J connectivity index is 0.00000225. The van der Waals surface area contributed by atoms with Crippen molar-refractivity contribution in [3.8, 4) is 0 Å². The van der Waals surface area contributed by atoms with E-state index in [0.29, 0.717) is 5.92 Å². The van der Waals surface area contributed by atoms with Crippen molar-refractivity contribution < 1.29 is 4.79 Å². The number of hydrogen-bond donors (Lipinski definition) is 1. The molecule has 0 aromatic carbocycles. The first-order valence-electron chi connectivity index (χ1n) is 6.23. The summed E-state index contributed by atoms with van der Waals surface area (Å²) in [4.78, 5) is 13.9. The highest BCUT2D eigenvalue weighted by Crippen LogP contribution is 2.21. The lowest BCUT2D eigenvalue weighted by molar-refractivity contribution is -0.134. The molecule has 0 aromatic heterocycles. The molecule has 2 atom stereocenters. The maximum atomic E-state index is 11.9. The highest BCUT2D eigenvalue weighted by molar-refractivity contribution is 5.85. The van der Waals surface area contributed by atoms with Crippen molar-refractivity contribution in [3.05, 3.63) is 0 Å². The van der Waals surface area contributed by atoms with Gasteiger partial charge in [0.25, 0.3) is 0 Å². The number of halogens is 1. The molecule has 1 unspecified atom stereocenters. The van der Waals surface area contributed by atoms with Gasteiger partial charge >= 0.3 is 0 Å². The van der Waals surface area contributed by atoms with Crippen molar-refractivity contribution >= 4 is 18.3 Å². The van der Waals surface area contributed by atoms with E-state index in [4.69, 9.17) is 5.73 Å². The zero-order valence-corrected chi connectivity index (χ0v) is 11.3. The molecule has 16 heavy (non-hydrogen) atoms. The number of rotatable bonds is 4. The molecule has 0 radical (unpaired) electrons. The van der Waals surface area contributed by atoms with Crippen LogP contribution >= 0.6 is 12.4 Å². The molecule has 1 aliphatic rings. The van der Waals surface area contributed by atoms with Gasteiger partial charge in [-0.1, -0.05) is 20.3 Å². The predicted octanol–water partition coefficient (Wildman–Crippen LogP) is 2.18. The molecule has 96 valence electrons. The molecule has 0 saturated carbocycles. The van der Waals surface area contributed by atoms with Crippen LogP contribution < -0.4 is 5.73 Å². The minimum Gasteiger partial charge on any atom is -0.341 e. The van der Waals surface area contributed by atoms with Gasteiger partial charge in [0.05, 0.1) is 6.04 Å². The second-order valence-electron chi connectivity index (χ2n) is 4.60. The van der Waals surface area contributed by atoms with Crippen LogP contribution in [0.25, 0.3) is 0 Å². The molecular weight excluding hydrogens is 224 g/mol. The number of carbonyl (C=O) groups excluding carboxylic acids is 1. The Morgan fingerprint density at radius 3 is 2.75 bits per heavy atom. The van der Waals surface area contributed by atoms with Crippen LogP contribution in [0, 0.1) is 5.92 Å². The van der Waals surface area contributed by atoms with Gasteiger partial charge in [0.1, 0.15) is 0 Å². The summed E-state index contributed by atoms with van der Waals surface area (Å²) in [6, 6.07) is -0.287. The summed E-state index contributed by atoms with van der Waals surface area (Å²) in [5.41, 5.74) is 5.78. The molecule has 0 aliphatic carbocycles. The van der Waals surface area contributed by atoms with Gasteiger partial charge in [-0.15, -0.1) is 12.4 Å². The monoisotopic (exact) mass is 248 g/mol. The van der Waals surface area contributed by atoms with Crippen molar-refractivity contribution in [2.24, 2.45) is 11.7 Å². The highest BCUT2D eigenvalue weighted by atomic mass is 35.5. The number of likely N-dealkylation sites (tertiary alicyclic amines) is 1. The number of nitrogens with two attached hydrogens (primary N) is 1. The van der Waals surface area contributed by atoms with Crippen LogP contribution in [-0.2, 0) is 4.79 Å². The van der Waals surface area contributed by atoms with Crippen molar-refractivity contribution in [2.45, 2.75) is 52.0 Å². The first-order valence-corrected chi connectivity index (χ1v) is 6.23. The van der Waals surface area contributed by atoms with Crippen molar-refractivity contribution in [2.75, 3.05) is 13.1 Å². The lowest BCUT2D eigenvalue weighted by Gasteiger charge is -2.34. The molecule has 0 bridgehead atoms. The second kappa shape index (κ2) is 7.91. The minimum absolute atomic E-state index is 0. The number of carbonyl (C=O) groups is 1. The van der Waals surface area contributed by atoms with Crippen LogP contribution in [0.2, 0.25) is 0 Å². The zero-order valence-electron chi connectivity index (χ0n) is 10.4. The number of piperidine rings is 1. The molecule has 1 amide bonds. The average molecular weight is 249 g/mol. The Bertz CT molecular complexity index is 209. The third-order valence-electron chi connectivity index (χ3n) is 3.28. The van der Waals surface area contributed by atoms with Gasteiger partial charge in [-0.2, -0.15) is 0 Å². The van der Waals surface area contributed by atoms with Gasteiger partial charge in [-0.05, 0) is 31.6 Å². The third kappa shape index (κ3) is 4.30. The molecule has 4 heteroatoms. The first kappa shape index (κ1) is 15.7. The number of amides is 1. The number of nitrogens with zero attached hydrogens (tertiary/aromatic N) is 1. The fourth-order valence-electron chi connectivity index (χ4n) is 2.32. The van der Waals surface area contributed by atoms with Crippen LogP contribution in [0.3, 0.4) is 0 Å². The SMILES string of the molecule is CCCC1CCCN(C(=O)[C@@H](N)CC)C1.Cl. The fraction of sp³-hybridized carbons (Fsp3) is 0.917. The van der Waals surface area contributed by atoms with E-state index in [0.717, 1.165) is 25.9 Å². The van der Waals surface area contributed by atoms with E-state index in [2.05, 4.69) is 6.92 Å². The molecule has 0 aromatic rings. The Morgan fingerprint density at radius 1 is 1.50 bits per heavy atom. The minimum atomic E-state index is -0.287. The summed E-state index contributed by atoms with van der Waals surface area (Å²) < 4.78 is 0. The van der Waals surface area contributed by atoms with Gasteiger partial charge in [0.2, 0.25) is 5.91 Å². The van der Waals surface area contributed by atoms with E-state index >= 15 is 0 Å². The van der Waals surface area contributed by atoms with Gasteiger partial charge in [0.15, 0.2) is 0 Å². The standard InChI is InChI=1S/C12H24N2O.ClH/c1-3-6-10-7-5-8-14(9-10)12(15)11(13)4-2;/h10-11H,3-9,13H2,1-2H3;1H/t10?,11-;/m0./s1. The van der Waals surface area contributed by atoms with Gasteiger partial charge in [0, 0.05) is 13.1 Å². The average Bonchev–Trinajstić information content (AvgIpc) is 2.28. The first-order chi connectivity index (χ1) is 7.19. The van der Waals surface area contributed by atoms with E-state index in [9.17, 15) is 4.79 Å². The maximum Gasteiger partial charge on any atom is 0.239 e. The number of hydrogen-bond acceptors (Lipinski definition) is 2. The second-order valence-corrected chi connectivity index (χ2v) is 4.60. The molecule has 1 saturated heterocycles. The smallest absolute Gasteiger partial charge is 0.239 e. The summed E-state index contributed by atoms with van der Waals surface area (Å²) >= 11 is 0. The normalized spacial score (nSPS) is 22.4. The van der Waals surface area contributed by atoms with Crippen molar-refractivity contribution in [3.63, 3.8) is 0 Å². The Kier molecular flexibility index (Phi) is 7.77. The van der Waals surface area contributed by atoms with Gasteiger partial charge in [-0.25, -0.2) is 0 Å². The van der Waals surface area contributed by atoms with Gasteiger partial charge < -0.3 is 10.6 Å². The molecule has 1 rings (SSSR count). The quantitative estimate of drug-likeness (QED) is 0.829. The summed E-state index contributed by atoms with van der Waals surface area (Å²) in [6.45, 7) is 6.02. The van der Waals surface area contributed by atoms with E-state index in [1.807, 2.05) is 11.8 Å². The Morgan fingerprint density at radius 2 is 2.19 bits per heavy atom. The van der Waals surface area contributed by atoms with E-state index in [-0.39, 0.29) is 24.4 Å². The third-order valence-corrected chi connectivity index (χ3v) is 3.28. The lowest BCUT2D eigenvalue weighted by Crippen LogP contribution is -2.47. The summed E-state index contributed by atoms with van der Waals surface area (Å²) in [5, 5.41) is 0. The maximum absolute atomic E-state index is 11.9. The molecule has 3 nitrogen and oxygen atoms in total. The molecule has 2 N–H and O–H groups in total. The fourth-order valence-corrected chi connectivity index (χ4v) is 2.32.